The lowest BCUT2D eigenvalue weighted by atomic mass is 9.86. The molecule has 7 heteroatoms. The van der Waals surface area contributed by atoms with Gasteiger partial charge < -0.3 is 9.84 Å². The average molecular weight is 466 g/mol. The van der Waals surface area contributed by atoms with Crippen LogP contribution in [0.3, 0.4) is 0 Å². The summed E-state index contributed by atoms with van der Waals surface area (Å²) < 4.78 is 29.9. The van der Waals surface area contributed by atoms with Gasteiger partial charge in [-0.15, -0.1) is 0 Å². The number of rotatable bonds is 7. The van der Waals surface area contributed by atoms with E-state index in [1.54, 1.807) is 12.1 Å². The average Bonchev–Trinajstić information content (AvgIpc) is 2.78. The van der Waals surface area contributed by atoms with Gasteiger partial charge in [-0.1, -0.05) is 48.0 Å². The monoisotopic (exact) mass is 465 g/mol. The van der Waals surface area contributed by atoms with Crippen LogP contribution < -0.4 is 9.04 Å². The molecule has 2 N–H and O–H groups in total. The second-order valence-corrected chi connectivity index (χ2v) is 9.19. The Morgan fingerprint density at radius 1 is 1.12 bits per heavy atom. The second kappa shape index (κ2) is 9.77. The number of hydrogen-bond acceptors (Lipinski definition) is 3. The molecule has 6 nitrogen and oxygen atoms in total. The van der Waals surface area contributed by atoms with Crippen molar-refractivity contribution in [1.29, 1.82) is 0 Å². The maximum absolute atomic E-state index is 12.5. The van der Waals surface area contributed by atoms with Gasteiger partial charge in [-0.05, 0) is 79.1 Å². The molecule has 2 unspecified atom stereocenters. The number of carbonyl (C=O) groups is 1. The van der Waals surface area contributed by atoms with E-state index in [1.165, 1.54) is 9.87 Å². The number of carboxylic acids is 1. The van der Waals surface area contributed by atoms with Gasteiger partial charge >= 0.3 is 5.97 Å². The Morgan fingerprint density at radius 3 is 2.55 bits per heavy atom. The first-order chi connectivity index (χ1) is 15.8. The second-order valence-electron chi connectivity index (χ2n) is 8.34. The first-order valence-electron chi connectivity index (χ1n) is 10.9. The van der Waals surface area contributed by atoms with E-state index < -0.39 is 23.8 Å². The Balaban J connectivity index is 1.70. The van der Waals surface area contributed by atoms with Crippen LogP contribution in [0.5, 0.6) is 5.75 Å². The molecule has 33 heavy (non-hydrogen) atoms. The molecule has 2 atom stereocenters. The van der Waals surface area contributed by atoms with Crippen LogP contribution in [0.25, 0.3) is 11.1 Å². The highest BCUT2D eigenvalue weighted by Crippen LogP contribution is 2.41. The molecule has 0 aliphatic heterocycles. The van der Waals surface area contributed by atoms with Crippen LogP contribution in [0.15, 0.2) is 60.7 Å². The fraction of sp³-hybridized carbons (Fsp3) is 0.269. The predicted octanol–water partition coefficient (Wildman–Crippen LogP) is 5.45. The SMILES string of the molecule is Cc1ccc(-c2ccc(N(C3CCCc4c(OCC(=O)O)cccc43)S(=O)O)cc2C)cc1. The lowest BCUT2D eigenvalue weighted by Crippen LogP contribution is -2.33. The minimum atomic E-state index is -2.24. The van der Waals surface area contributed by atoms with Gasteiger partial charge in [0.05, 0.1) is 11.7 Å². The molecule has 4 rings (SSSR count). The number of nitrogens with zero attached hydrogens (tertiary/aromatic N) is 1. The van der Waals surface area contributed by atoms with Crippen molar-refractivity contribution in [2.45, 2.75) is 39.2 Å². The fourth-order valence-corrected chi connectivity index (χ4v) is 5.26. The van der Waals surface area contributed by atoms with E-state index in [4.69, 9.17) is 9.84 Å². The zero-order chi connectivity index (χ0) is 23.5. The van der Waals surface area contributed by atoms with Gasteiger partial charge in [-0.2, -0.15) is 0 Å². The molecule has 0 bridgehead atoms. The fourth-order valence-electron chi connectivity index (χ4n) is 4.53. The molecule has 0 radical (unpaired) electrons. The first-order valence-corrected chi connectivity index (χ1v) is 12.0. The van der Waals surface area contributed by atoms with E-state index >= 15 is 0 Å². The van der Waals surface area contributed by atoms with Gasteiger partial charge in [0.25, 0.3) is 11.3 Å². The number of anilines is 1. The minimum absolute atomic E-state index is 0.322. The molecule has 0 fully saturated rings. The third kappa shape index (κ3) is 4.94. The third-order valence-corrected chi connectivity index (χ3v) is 6.86. The topological polar surface area (TPSA) is 87.1 Å². The van der Waals surface area contributed by atoms with E-state index in [-0.39, 0.29) is 6.04 Å². The highest BCUT2D eigenvalue weighted by atomic mass is 32.2. The molecule has 0 aromatic heterocycles. The van der Waals surface area contributed by atoms with Crippen molar-refractivity contribution in [1.82, 2.24) is 0 Å². The maximum Gasteiger partial charge on any atom is 0.341 e. The zero-order valence-electron chi connectivity index (χ0n) is 18.7. The smallest absolute Gasteiger partial charge is 0.341 e. The number of benzene rings is 3. The van der Waals surface area contributed by atoms with E-state index in [0.717, 1.165) is 40.7 Å². The molecule has 1 aliphatic rings. The summed E-state index contributed by atoms with van der Waals surface area (Å²) in [5.74, 6) is -0.517. The molecular weight excluding hydrogens is 438 g/mol. The van der Waals surface area contributed by atoms with Gasteiger partial charge in [-0.25, -0.2) is 9.00 Å². The van der Waals surface area contributed by atoms with Crippen LogP contribution in [-0.2, 0) is 22.5 Å². The Hall–Kier alpha value is -3.16. The molecule has 3 aromatic rings. The van der Waals surface area contributed by atoms with E-state index in [9.17, 15) is 13.6 Å². The van der Waals surface area contributed by atoms with Crippen LogP contribution in [0.1, 0.15) is 41.1 Å². The number of fused-ring (bicyclic) bond motifs is 1. The van der Waals surface area contributed by atoms with Crippen LogP contribution >= 0.6 is 0 Å². The lowest BCUT2D eigenvalue weighted by Gasteiger charge is -2.35. The molecule has 3 aromatic carbocycles. The van der Waals surface area contributed by atoms with E-state index in [2.05, 4.69) is 24.3 Å². The number of hydrogen-bond donors (Lipinski definition) is 2. The van der Waals surface area contributed by atoms with Crippen molar-refractivity contribution in [3.8, 4) is 16.9 Å². The Labute approximate surface area is 196 Å². The highest BCUT2D eigenvalue weighted by Gasteiger charge is 2.31. The molecule has 0 saturated heterocycles. The number of carboxylic acid groups (broad SMARTS) is 1. The largest absolute Gasteiger partial charge is 0.482 e. The summed E-state index contributed by atoms with van der Waals surface area (Å²) in [6.45, 7) is 3.63. The zero-order valence-corrected chi connectivity index (χ0v) is 19.5. The lowest BCUT2D eigenvalue weighted by molar-refractivity contribution is -0.139. The van der Waals surface area contributed by atoms with Gasteiger partial charge in [0, 0.05) is 0 Å². The summed E-state index contributed by atoms with van der Waals surface area (Å²) in [7, 11) is 0. The summed E-state index contributed by atoms with van der Waals surface area (Å²) in [6, 6.07) is 19.3. The van der Waals surface area contributed by atoms with Gasteiger partial charge in [0.1, 0.15) is 5.75 Å². The minimum Gasteiger partial charge on any atom is -0.482 e. The molecular formula is C26H27NO5S. The summed E-state index contributed by atoms with van der Waals surface area (Å²) in [5, 5.41) is 8.98. The Morgan fingerprint density at radius 2 is 1.88 bits per heavy atom. The number of ether oxygens (including phenoxy) is 1. The van der Waals surface area contributed by atoms with Gasteiger partial charge in [0.2, 0.25) is 0 Å². The standard InChI is InChI=1S/C26H27NO5S/c1-17-9-11-19(12-10-17)21-14-13-20(15-18(21)2)27(33(30)31)24-7-3-6-23-22(24)5-4-8-25(23)32-16-26(28)29/h4-5,8-15,24H,3,6-7,16H2,1-2H3,(H,28,29)(H,30,31). The predicted molar refractivity (Wildman–Crippen MR) is 130 cm³/mol. The van der Waals surface area contributed by atoms with Crippen LogP contribution in [0.2, 0.25) is 0 Å². The molecule has 1 aliphatic carbocycles. The van der Waals surface area contributed by atoms with E-state index in [0.29, 0.717) is 17.9 Å². The highest BCUT2D eigenvalue weighted by molar-refractivity contribution is 7.80. The van der Waals surface area contributed by atoms with Gasteiger partial charge in [0.15, 0.2) is 6.61 Å². The summed E-state index contributed by atoms with van der Waals surface area (Å²) in [6.07, 6.45) is 2.25. The summed E-state index contributed by atoms with van der Waals surface area (Å²) in [5.41, 5.74) is 6.85. The van der Waals surface area contributed by atoms with Gasteiger partial charge in [-0.3, -0.25) is 8.86 Å². The van der Waals surface area contributed by atoms with Crippen LogP contribution in [0.4, 0.5) is 5.69 Å². The van der Waals surface area contributed by atoms with Crippen LogP contribution in [0, 0.1) is 13.8 Å². The third-order valence-electron chi connectivity index (χ3n) is 6.06. The van der Waals surface area contributed by atoms with Crippen molar-refractivity contribution in [3.63, 3.8) is 0 Å². The van der Waals surface area contributed by atoms with E-state index in [1.807, 2.05) is 38.1 Å². The van der Waals surface area contributed by atoms with Crippen molar-refractivity contribution >= 4 is 22.9 Å². The summed E-state index contributed by atoms with van der Waals surface area (Å²) >= 11 is -2.24. The number of aryl methyl sites for hydroxylation is 2. The Bertz CT molecular complexity index is 1190. The molecule has 0 saturated carbocycles. The molecule has 0 heterocycles. The quantitative estimate of drug-likeness (QED) is 0.453. The van der Waals surface area contributed by atoms with Crippen molar-refractivity contribution in [2.24, 2.45) is 0 Å². The van der Waals surface area contributed by atoms with Crippen molar-refractivity contribution in [3.05, 3.63) is 82.9 Å². The van der Waals surface area contributed by atoms with Crippen molar-refractivity contribution in [2.75, 3.05) is 10.9 Å². The summed E-state index contributed by atoms with van der Waals surface area (Å²) in [4.78, 5) is 11.0. The maximum atomic E-state index is 12.5. The molecule has 0 amide bonds. The normalized spacial score (nSPS) is 16.0. The number of aliphatic carboxylic acids is 1. The molecule has 172 valence electrons. The first kappa shape index (κ1) is 23.0. The van der Waals surface area contributed by atoms with Crippen molar-refractivity contribution < 1.29 is 23.4 Å². The Kier molecular flexibility index (Phi) is 6.81. The van der Waals surface area contributed by atoms with Crippen LogP contribution in [-0.4, -0.2) is 26.4 Å². The molecule has 0 spiro atoms.